The van der Waals surface area contributed by atoms with Gasteiger partial charge >= 0.3 is 6.61 Å². The molecule has 17 heteroatoms. The number of benzene rings is 2. The van der Waals surface area contributed by atoms with Gasteiger partial charge < -0.3 is 34.1 Å². The number of amides is 3. The first-order valence-electron chi connectivity index (χ1n) is 14.0. The molecule has 47 heavy (non-hydrogen) atoms. The van der Waals surface area contributed by atoms with E-state index >= 15 is 0 Å². The summed E-state index contributed by atoms with van der Waals surface area (Å²) in [5, 5.41) is 2.67. The maximum atomic E-state index is 14.6. The van der Waals surface area contributed by atoms with E-state index in [0.717, 1.165) is 18.3 Å². The molecule has 0 spiro atoms. The SMILES string of the molecule is CC(=O)N1CCN(C(=O)c2ccc(NC(=O)c3ncc(-c4ccc(OC(F)F)c(F)c4F)n3C)cc2Cl)CC1.COC=O.C[NH+](C)C. The summed E-state index contributed by atoms with van der Waals surface area (Å²) in [7, 11) is 8.95. The van der Waals surface area contributed by atoms with Gasteiger partial charge in [0.1, 0.15) is 0 Å². The molecule has 12 nitrogen and oxygen atoms in total. The minimum atomic E-state index is -3.33. The zero-order valence-electron chi connectivity index (χ0n) is 26.6. The van der Waals surface area contributed by atoms with E-state index in [9.17, 15) is 31.9 Å². The molecule has 0 atom stereocenters. The van der Waals surface area contributed by atoms with Gasteiger partial charge in [-0.05, 0) is 30.3 Å². The number of anilines is 1. The van der Waals surface area contributed by atoms with Crippen molar-refractivity contribution in [2.75, 3.05) is 59.7 Å². The fourth-order valence-corrected chi connectivity index (χ4v) is 4.40. The molecule has 0 radical (unpaired) electrons. The van der Waals surface area contributed by atoms with Crippen molar-refractivity contribution in [3.05, 3.63) is 64.6 Å². The number of carbonyl (C=O) groups is 4. The van der Waals surface area contributed by atoms with Crippen LogP contribution in [0.4, 0.5) is 23.2 Å². The lowest BCUT2D eigenvalue weighted by atomic mass is 10.1. The third-order valence-corrected chi connectivity index (χ3v) is 6.61. The van der Waals surface area contributed by atoms with E-state index in [2.05, 4.69) is 40.9 Å². The number of halogens is 5. The predicted octanol–water partition coefficient (Wildman–Crippen LogP) is 2.73. The monoisotopic (exact) mass is 687 g/mol. The first-order chi connectivity index (χ1) is 22.1. The van der Waals surface area contributed by atoms with Gasteiger partial charge in [-0.1, -0.05) is 11.6 Å². The van der Waals surface area contributed by atoms with Crippen molar-refractivity contribution < 1.29 is 51.1 Å². The minimum absolute atomic E-state index is 0.00370. The summed E-state index contributed by atoms with van der Waals surface area (Å²) in [4.78, 5) is 54.8. The van der Waals surface area contributed by atoms with Gasteiger partial charge in [-0.25, -0.2) is 9.37 Å². The molecule has 0 saturated carbocycles. The summed E-state index contributed by atoms with van der Waals surface area (Å²) < 4.78 is 62.5. The first-order valence-corrected chi connectivity index (χ1v) is 14.3. The molecule has 1 fully saturated rings. The number of piperazine rings is 1. The van der Waals surface area contributed by atoms with Gasteiger partial charge in [-0.2, -0.15) is 13.2 Å². The van der Waals surface area contributed by atoms with Crippen molar-refractivity contribution in [3.63, 3.8) is 0 Å². The average Bonchev–Trinajstić information content (AvgIpc) is 3.40. The number of imidazole rings is 1. The van der Waals surface area contributed by atoms with Gasteiger partial charge in [0, 0.05) is 51.4 Å². The van der Waals surface area contributed by atoms with E-state index in [1.807, 2.05) is 0 Å². The molecular formula is C30H36ClF4N6O6+. The van der Waals surface area contributed by atoms with Crippen molar-refractivity contribution in [3.8, 4) is 17.0 Å². The Balaban J connectivity index is 0.000000862. The summed E-state index contributed by atoms with van der Waals surface area (Å²) in [6, 6.07) is 6.20. The Hall–Kier alpha value is -4.70. The molecule has 1 aliphatic heterocycles. The van der Waals surface area contributed by atoms with Crippen molar-refractivity contribution >= 4 is 41.5 Å². The molecule has 1 saturated heterocycles. The van der Waals surface area contributed by atoms with Gasteiger partial charge in [-0.3, -0.25) is 19.2 Å². The summed E-state index contributed by atoms with van der Waals surface area (Å²) >= 11 is 6.33. The van der Waals surface area contributed by atoms with Gasteiger partial charge in [0.25, 0.3) is 18.3 Å². The largest absolute Gasteiger partial charge is 0.471 e. The van der Waals surface area contributed by atoms with E-state index < -0.39 is 29.9 Å². The van der Waals surface area contributed by atoms with E-state index in [1.54, 1.807) is 9.80 Å². The normalized spacial score (nSPS) is 12.4. The van der Waals surface area contributed by atoms with Crippen LogP contribution in [0.15, 0.2) is 36.5 Å². The van der Waals surface area contributed by atoms with Crippen LogP contribution in [0.25, 0.3) is 11.3 Å². The van der Waals surface area contributed by atoms with Crippen LogP contribution in [0.1, 0.15) is 27.9 Å². The Morgan fingerprint density at radius 3 is 2.11 bits per heavy atom. The van der Waals surface area contributed by atoms with Crippen molar-refractivity contribution in [2.24, 2.45) is 7.05 Å². The van der Waals surface area contributed by atoms with Crippen LogP contribution >= 0.6 is 11.6 Å². The van der Waals surface area contributed by atoms with E-state index in [0.29, 0.717) is 32.7 Å². The fourth-order valence-electron chi connectivity index (χ4n) is 4.14. The molecule has 2 N–H and O–H groups in total. The molecule has 1 aliphatic rings. The molecule has 3 aromatic rings. The van der Waals surface area contributed by atoms with Gasteiger partial charge in [-0.15, -0.1) is 0 Å². The van der Waals surface area contributed by atoms with Crippen LogP contribution in [0.3, 0.4) is 0 Å². The number of rotatable bonds is 7. The summed E-state index contributed by atoms with van der Waals surface area (Å²) in [6.07, 6.45) is 1.13. The zero-order chi connectivity index (χ0) is 35.4. The second-order valence-corrected chi connectivity index (χ2v) is 10.8. The summed E-state index contributed by atoms with van der Waals surface area (Å²) in [5.74, 6) is -5.26. The number of nitrogens with zero attached hydrogens (tertiary/aromatic N) is 4. The smallest absolute Gasteiger partial charge is 0.387 e. The molecule has 0 bridgehead atoms. The Morgan fingerprint density at radius 1 is 1.02 bits per heavy atom. The van der Waals surface area contributed by atoms with Gasteiger partial charge in [0.2, 0.25) is 11.7 Å². The molecule has 0 aliphatic carbocycles. The lowest BCUT2D eigenvalue weighted by Crippen LogP contribution is -3.02. The number of carbonyl (C=O) groups excluding carboxylic acids is 4. The van der Waals surface area contributed by atoms with E-state index in [-0.39, 0.29) is 45.2 Å². The molecule has 2 heterocycles. The van der Waals surface area contributed by atoms with Gasteiger partial charge in [0.05, 0.1) is 50.7 Å². The number of nitrogens with one attached hydrogen (secondary N) is 2. The molecule has 256 valence electrons. The summed E-state index contributed by atoms with van der Waals surface area (Å²) in [5.41, 5.74) is 0.155. The van der Waals surface area contributed by atoms with Crippen LogP contribution in [-0.4, -0.2) is 105 Å². The highest BCUT2D eigenvalue weighted by Gasteiger charge is 2.26. The third-order valence-electron chi connectivity index (χ3n) is 6.30. The second-order valence-electron chi connectivity index (χ2n) is 10.4. The number of methoxy groups -OCH3 is 1. The highest BCUT2D eigenvalue weighted by Crippen LogP contribution is 2.31. The van der Waals surface area contributed by atoms with Crippen LogP contribution < -0.4 is 15.0 Å². The average molecular weight is 688 g/mol. The second kappa shape index (κ2) is 17.9. The molecule has 4 rings (SSSR count). The minimum Gasteiger partial charge on any atom is -0.471 e. The number of alkyl halides is 2. The number of quaternary nitrogens is 1. The molecule has 1 aromatic heterocycles. The zero-order valence-corrected chi connectivity index (χ0v) is 27.3. The maximum Gasteiger partial charge on any atom is 0.387 e. The van der Waals surface area contributed by atoms with E-state index in [1.165, 1.54) is 48.7 Å². The van der Waals surface area contributed by atoms with Crippen LogP contribution in [0.5, 0.6) is 5.75 Å². The third kappa shape index (κ3) is 10.7. The Morgan fingerprint density at radius 2 is 1.60 bits per heavy atom. The molecular weight excluding hydrogens is 652 g/mol. The fraction of sp³-hybridized carbons (Fsp3) is 0.367. The standard InChI is InChI=1S/C25H22ClF4N5O4.C3H9N.C2H4O2/c1-13(36)34-7-9-35(10-8-34)24(38)15-4-3-14(11-17(15)26)32-23(37)22-31-12-18(33(22)2)16-5-6-19(39-25(29)30)21(28)20(16)27;1-4(2)3;1-4-2-3/h3-6,11-12,25H,7-10H2,1-2H3,(H,32,37);1-3H3;2H,1H3/p+1. The molecule has 3 amide bonds. The van der Waals surface area contributed by atoms with Crippen molar-refractivity contribution in [1.29, 1.82) is 0 Å². The first kappa shape index (κ1) is 38.5. The van der Waals surface area contributed by atoms with Crippen molar-refractivity contribution in [1.82, 2.24) is 19.4 Å². The number of hydrogen-bond acceptors (Lipinski definition) is 7. The molecule has 0 unspecified atom stereocenters. The topological polar surface area (TPSA) is 128 Å². The number of hydrogen-bond donors (Lipinski definition) is 2. The maximum absolute atomic E-state index is 14.6. The van der Waals surface area contributed by atoms with E-state index in [4.69, 9.17) is 16.4 Å². The quantitative estimate of drug-likeness (QED) is 0.289. The summed E-state index contributed by atoms with van der Waals surface area (Å²) in [6.45, 7) is 0.0748. The number of ether oxygens (including phenoxy) is 2. The Kier molecular flexibility index (Phi) is 14.6. The molecule has 2 aromatic carbocycles. The lowest BCUT2D eigenvalue weighted by molar-refractivity contribution is -0.836. The van der Waals surface area contributed by atoms with Crippen molar-refractivity contribution in [2.45, 2.75) is 13.5 Å². The highest BCUT2D eigenvalue weighted by atomic mass is 35.5. The van der Waals surface area contributed by atoms with Crippen LogP contribution in [0, 0.1) is 11.6 Å². The van der Waals surface area contributed by atoms with Crippen LogP contribution in [-0.2, 0) is 21.4 Å². The number of aromatic nitrogens is 2. The lowest BCUT2D eigenvalue weighted by Gasteiger charge is -2.34. The Bertz CT molecular complexity index is 1560. The van der Waals surface area contributed by atoms with Gasteiger partial charge in [0.15, 0.2) is 17.4 Å². The van der Waals surface area contributed by atoms with Crippen LogP contribution in [0.2, 0.25) is 5.02 Å². The Labute approximate surface area is 273 Å². The predicted molar refractivity (Wildman–Crippen MR) is 165 cm³/mol. The highest BCUT2D eigenvalue weighted by molar-refractivity contribution is 6.34.